The summed E-state index contributed by atoms with van der Waals surface area (Å²) in [6, 6.07) is 22.4. The normalized spacial score (nSPS) is 11.4. The minimum absolute atomic E-state index is 0.641. The Morgan fingerprint density at radius 3 is 2.61 bits per heavy atom. The average Bonchev–Trinajstić information content (AvgIpc) is 3.43. The molecule has 0 saturated heterocycles. The van der Waals surface area contributed by atoms with Gasteiger partial charge in [0.25, 0.3) is 0 Å². The number of nitrogens with zero attached hydrogens (tertiary/aromatic N) is 3. The van der Waals surface area contributed by atoms with Crippen LogP contribution in [0.15, 0.2) is 85.3 Å². The van der Waals surface area contributed by atoms with Crippen LogP contribution in [0.3, 0.4) is 0 Å². The SMILES string of the molecule is Nc1cncc(-c2ccc3[nH]nc(-c4cc5c(-c6ccccn6)cccc5[nH]4)c3c2)c1. The van der Waals surface area contributed by atoms with Gasteiger partial charge in [0.05, 0.1) is 22.6 Å². The van der Waals surface area contributed by atoms with Crippen molar-refractivity contribution in [2.75, 3.05) is 5.73 Å². The number of hydrogen-bond donors (Lipinski definition) is 3. The van der Waals surface area contributed by atoms with Crippen LogP contribution in [0.1, 0.15) is 0 Å². The van der Waals surface area contributed by atoms with Gasteiger partial charge in [-0.15, -0.1) is 0 Å². The number of hydrogen-bond acceptors (Lipinski definition) is 4. The van der Waals surface area contributed by atoms with Crippen molar-refractivity contribution >= 4 is 27.5 Å². The quantitative estimate of drug-likeness (QED) is 0.368. The van der Waals surface area contributed by atoms with E-state index in [0.29, 0.717) is 5.69 Å². The highest BCUT2D eigenvalue weighted by molar-refractivity contribution is 6.01. The van der Waals surface area contributed by atoms with E-state index in [2.05, 4.69) is 49.4 Å². The fourth-order valence-electron chi connectivity index (χ4n) is 4.04. The second-order valence-electron chi connectivity index (χ2n) is 7.50. The largest absolute Gasteiger partial charge is 0.397 e. The van der Waals surface area contributed by atoms with Gasteiger partial charge in [-0.3, -0.25) is 15.1 Å². The number of nitrogens with two attached hydrogens (primary N) is 1. The zero-order chi connectivity index (χ0) is 20.8. The van der Waals surface area contributed by atoms with Gasteiger partial charge in [0.2, 0.25) is 0 Å². The monoisotopic (exact) mass is 402 g/mol. The van der Waals surface area contributed by atoms with Crippen LogP contribution in [-0.2, 0) is 0 Å². The third kappa shape index (κ3) is 2.93. The van der Waals surface area contributed by atoms with Gasteiger partial charge in [0.1, 0.15) is 5.69 Å². The Morgan fingerprint density at radius 2 is 1.74 bits per heavy atom. The molecule has 0 radical (unpaired) electrons. The van der Waals surface area contributed by atoms with Crippen molar-refractivity contribution in [2.24, 2.45) is 0 Å². The summed E-state index contributed by atoms with van der Waals surface area (Å²) in [6.07, 6.45) is 5.28. The topological polar surface area (TPSA) is 96.3 Å². The number of aromatic amines is 2. The summed E-state index contributed by atoms with van der Waals surface area (Å²) in [7, 11) is 0. The maximum absolute atomic E-state index is 5.92. The first-order valence-electron chi connectivity index (χ1n) is 9.99. The Bertz CT molecular complexity index is 1550. The summed E-state index contributed by atoms with van der Waals surface area (Å²) in [5, 5.41) is 9.90. The van der Waals surface area contributed by atoms with Crippen LogP contribution in [0.2, 0.25) is 0 Å². The Morgan fingerprint density at radius 1 is 0.774 bits per heavy atom. The van der Waals surface area contributed by atoms with Crippen LogP contribution < -0.4 is 5.73 Å². The smallest absolute Gasteiger partial charge is 0.116 e. The van der Waals surface area contributed by atoms with E-state index >= 15 is 0 Å². The standard InChI is InChI=1S/C25H18N6/c26-17-10-16(13-27-14-17)15-7-8-23-20(11-15)25(31-30-23)24-12-19-18(4-3-6-22(19)29-24)21-5-1-2-9-28-21/h1-14,29H,26H2,(H,30,31). The Balaban J connectivity index is 1.51. The molecular weight excluding hydrogens is 384 g/mol. The van der Waals surface area contributed by atoms with Gasteiger partial charge in [-0.25, -0.2) is 0 Å². The van der Waals surface area contributed by atoms with Gasteiger partial charge in [-0.2, -0.15) is 5.10 Å². The van der Waals surface area contributed by atoms with Gasteiger partial charge < -0.3 is 10.7 Å². The number of nitrogen functional groups attached to an aromatic ring is 1. The number of H-pyrrole nitrogens is 2. The van der Waals surface area contributed by atoms with E-state index in [0.717, 1.165) is 55.6 Å². The number of rotatable bonds is 3. The highest BCUT2D eigenvalue weighted by Crippen LogP contribution is 2.34. The Kier molecular flexibility index (Phi) is 3.83. The predicted molar refractivity (Wildman–Crippen MR) is 124 cm³/mol. The molecule has 6 aromatic rings. The number of pyridine rings is 2. The van der Waals surface area contributed by atoms with E-state index < -0.39 is 0 Å². The van der Waals surface area contributed by atoms with Crippen molar-refractivity contribution in [3.05, 3.63) is 85.3 Å². The fourth-order valence-corrected chi connectivity index (χ4v) is 4.04. The molecule has 4 N–H and O–H groups in total. The molecule has 0 saturated carbocycles. The van der Waals surface area contributed by atoms with Crippen molar-refractivity contribution < 1.29 is 0 Å². The van der Waals surface area contributed by atoms with Gasteiger partial charge in [0.15, 0.2) is 0 Å². The van der Waals surface area contributed by atoms with Crippen molar-refractivity contribution in [1.82, 2.24) is 25.1 Å². The molecule has 0 bridgehead atoms. The first-order chi connectivity index (χ1) is 15.3. The molecule has 0 unspecified atom stereocenters. The van der Waals surface area contributed by atoms with Crippen LogP contribution >= 0.6 is 0 Å². The van der Waals surface area contributed by atoms with E-state index in [1.807, 2.05) is 54.9 Å². The maximum Gasteiger partial charge on any atom is 0.116 e. The summed E-state index contributed by atoms with van der Waals surface area (Å²) >= 11 is 0. The highest BCUT2D eigenvalue weighted by atomic mass is 15.1. The molecule has 0 spiro atoms. The second kappa shape index (κ2) is 6.81. The third-order valence-corrected chi connectivity index (χ3v) is 5.52. The van der Waals surface area contributed by atoms with E-state index in [1.165, 1.54) is 0 Å². The van der Waals surface area contributed by atoms with Crippen LogP contribution in [-0.4, -0.2) is 25.1 Å². The summed E-state index contributed by atoms with van der Waals surface area (Å²) in [6.45, 7) is 0. The maximum atomic E-state index is 5.92. The molecule has 0 aliphatic heterocycles. The van der Waals surface area contributed by atoms with Crippen molar-refractivity contribution in [3.63, 3.8) is 0 Å². The molecule has 148 valence electrons. The van der Waals surface area contributed by atoms with E-state index in [1.54, 1.807) is 6.20 Å². The molecule has 0 atom stereocenters. The minimum atomic E-state index is 0.641. The zero-order valence-corrected chi connectivity index (χ0v) is 16.5. The number of benzene rings is 2. The second-order valence-corrected chi connectivity index (χ2v) is 7.50. The molecule has 0 aliphatic rings. The van der Waals surface area contributed by atoms with Gasteiger partial charge in [-0.1, -0.05) is 24.3 Å². The molecule has 4 heterocycles. The van der Waals surface area contributed by atoms with E-state index in [-0.39, 0.29) is 0 Å². The molecule has 0 fully saturated rings. The zero-order valence-electron chi connectivity index (χ0n) is 16.5. The third-order valence-electron chi connectivity index (χ3n) is 5.52. The van der Waals surface area contributed by atoms with Crippen LogP contribution in [0, 0.1) is 0 Å². The number of fused-ring (bicyclic) bond motifs is 2. The van der Waals surface area contributed by atoms with E-state index in [4.69, 9.17) is 5.73 Å². The molecule has 6 heteroatoms. The van der Waals surface area contributed by atoms with Crippen molar-refractivity contribution in [1.29, 1.82) is 0 Å². The molecule has 2 aromatic carbocycles. The summed E-state index contributed by atoms with van der Waals surface area (Å²) in [5.74, 6) is 0. The Hall–Kier alpha value is -4.45. The number of anilines is 1. The minimum Gasteiger partial charge on any atom is -0.397 e. The van der Waals surface area contributed by atoms with E-state index in [9.17, 15) is 0 Å². The van der Waals surface area contributed by atoms with Gasteiger partial charge in [-0.05, 0) is 48.0 Å². The van der Waals surface area contributed by atoms with Crippen LogP contribution in [0.4, 0.5) is 5.69 Å². The first kappa shape index (κ1) is 17.4. The summed E-state index contributed by atoms with van der Waals surface area (Å²) in [5.41, 5.74) is 14.5. The Labute approximate surface area is 177 Å². The lowest BCUT2D eigenvalue weighted by Crippen LogP contribution is -1.87. The summed E-state index contributed by atoms with van der Waals surface area (Å²) < 4.78 is 0. The molecule has 4 aromatic heterocycles. The number of aromatic nitrogens is 5. The number of nitrogens with one attached hydrogen (secondary N) is 2. The lowest BCUT2D eigenvalue weighted by atomic mass is 10.0. The average molecular weight is 402 g/mol. The highest BCUT2D eigenvalue weighted by Gasteiger charge is 2.14. The van der Waals surface area contributed by atoms with Crippen molar-refractivity contribution in [2.45, 2.75) is 0 Å². The first-order valence-corrected chi connectivity index (χ1v) is 9.99. The molecule has 0 aliphatic carbocycles. The van der Waals surface area contributed by atoms with Crippen LogP contribution in [0.25, 0.3) is 55.6 Å². The molecular formula is C25H18N6. The van der Waals surface area contributed by atoms with Gasteiger partial charge in [0, 0.05) is 46.0 Å². The fraction of sp³-hybridized carbons (Fsp3) is 0. The molecule has 6 nitrogen and oxygen atoms in total. The van der Waals surface area contributed by atoms with Crippen molar-refractivity contribution in [3.8, 4) is 33.8 Å². The van der Waals surface area contributed by atoms with Gasteiger partial charge >= 0.3 is 0 Å². The molecule has 6 rings (SSSR count). The van der Waals surface area contributed by atoms with Crippen LogP contribution in [0.5, 0.6) is 0 Å². The lowest BCUT2D eigenvalue weighted by Gasteiger charge is -2.03. The summed E-state index contributed by atoms with van der Waals surface area (Å²) in [4.78, 5) is 12.3. The lowest BCUT2D eigenvalue weighted by molar-refractivity contribution is 1.12. The predicted octanol–water partition coefficient (Wildman–Crippen LogP) is 5.42. The molecule has 0 amide bonds. The molecule has 31 heavy (non-hydrogen) atoms.